The van der Waals surface area contributed by atoms with Crippen LogP contribution < -0.4 is 5.32 Å². The maximum absolute atomic E-state index is 12.9. The number of pyridine rings is 2. The quantitative estimate of drug-likeness (QED) is 0.539. The molecule has 2 aromatic carbocycles. The lowest BCUT2D eigenvalue weighted by Gasteiger charge is -2.11. The molecule has 0 atom stereocenters. The molecule has 2 heterocycles. The van der Waals surface area contributed by atoms with Gasteiger partial charge in [-0.25, -0.2) is 4.79 Å². The van der Waals surface area contributed by atoms with Crippen molar-refractivity contribution >= 4 is 28.5 Å². The predicted molar refractivity (Wildman–Crippen MR) is 111 cm³/mol. The second kappa shape index (κ2) is 7.52. The van der Waals surface area contributed by atoms with Gasteiger partial charge >= 0.3 is 5.97 Å². The average Bonchev–Trinajstić information content (AvgIpc) is 2.74. The molecule has 0 aliphatic rings. The number of aryl methyl sites for hydroxylation is 1. The summed E-state index contributed by atoms with van der Waals surface area (Å²) in [5.74, 6) is -1.29. The number of anilines is 1. The van der Waals surface area contributed by atoms with Crippen LogP contribution in [-0.2, 0) is 0 Å². The number of carboxylic acids is 1. The molecular formula is C23H17N3O3. The van der Waals surface area contributed by atoms with E-state index >= 15 is 0 Å². The third-order valence-electron chi connectivity index (χ3n) is 4.55. The highest BCUT2D eigenvalue weighted by atomic mass is 16.4. The van der Waals surface area contributed by atoms with Gasteiger partial charge in [0, 0.05) is 34.6 Å². The molecule has 2 aromatic heterocycles. The number of benzene rings is 2. The summed E-state index contributed by atoms with van der Waals surface area (Å²) in [6, 6.07) is 17.9. The molecule has 29 heavy (non-hydrogen) atoms. The van der Waals surface area contributed by atoms with Gasteiger partial charge in [-0.3, -0.25) is 14.8 Å². The van der Waals surface area contributed by atoms with Gasteiger partial charge in [-0.15, -0.1) is 0 Å². The van der Waals surface area contributed by atoms with Gasteiger partial charge in [0.2, 0.25) is 0 Å². The Morgan fingerprint density at radius 1 is 0.931 bits per heavy atom. The summed E-state index contributed by atoms with van der Waals surface area (Å²) in [6.07, 6.45) is 3.07. The second-order valence-electron chi connectivity index (χ2n) is 6.66. The first kappa shape index (κ1) is 18.3. The van der Waals surface area contributed by atoms with Gasteiger partial charge in [0.25, 0.3) is 5.91 Å². The summed E-state index contributed by atoms with van der Waals surface area (Å²) >= 11 is 0. The van der Waals surface area contributed by atoms with Crippen LogP contribution in [0.5, 0.6) is 0 Å². The zero-order chi connectivity index (χ0) is 20.4. The number of fused-ring (bicyclic) bond motifs is 1. The summed E-state index contributed by atoms with van der Waals surface area (Å²) in [6.45, 7) is 1.96. The van der Waals surface area contributed by atoms with Gasteiger partial charge < -0.3 is 10.4 Å². The molecule has 1 amide bonds. The fraction of sp³-hybridized carbons (Fsp3) is 0.0435. The highest BCUT2D eigenvalue weighted by Gasteiger charge is 2.14. The molecular weight excluding hydrogens is 366 g/mol. The molecule has 0 aliphatic carbocycles. The van der Waals surface area contributed by atoms with E-state index < -0.39 is 5.97 Å². The number of hydrogen-bond donors (Lipinski definition) is 2. The van der Waals surface area contributed by atoms with E-state index in [4.69, 9.17) is 5.11 Å². The van der Waals surface area contributed by atoms with Crippen LogP contribution in [0.1, 0.15) is 26.3 Å². The van der Waals surface area contributed by atoms with E-state index in [1.165, 1.54) is 6.20 Å². The van der Waals surface area contributed by atoms with Crippen LogP contribution in [0.2, 0.25) is 0 Å². The zero-order valence-corrected chi connectivity index (χ0v) is 15.6. The predicted octanol–water partition coefficient (Wildman–Crippen LogP) is 4.56. The minimum Gasteiger partial charge on any atom is -0.478 e. The number of rotatable bonds is 4. The molecule has 4 aromatic rings. The standard InChI is InChI=1S/C23H17N3O3/c1-14-6-9-20(24-12-14)18-4-2-3-5-19(18)22(27)26-17-8-7-15-10-16(23(28)29)13-25-21(15)11-17/h2-13H,1H3,(H,26,27)(H,28,29). The highest BCUT2D eigenvalue weighted by Crippen LogP contribution is 2.24. The lowest BCUT2D eigenvalue weighted by Crippen LogP contribution is -2.13. The Labute approximate surface area is 166 Å². The van der Waals surface area contributed by atoms with Gasteiger partial charge in [-0.1, -0.05) is 30.3 Å². The maximum atomic E-state index is 12.9. The zero-order valence-electron chi connectivity index (χ0n) is 15.6. The average molecular weight is 383 g/mol. The van der Waals surface area contributed by atoms with Gasteiger partial charge in [0.1, 0.15) is 0 Å². The Hall–Kier alpha value is -4.06. The Balaban J connectivity index is 1.64. The molecule has 4 rings (SSSR count). The fourth-order valence-electron chi connectivity index (χ4n) is 3.05. The van der Waals surface area contributed by atoms with Crippen molar-refractivity contribution in [3.8, 4) is 11.3 Å². The molecule has 0 bridgehead atoms. The summed E-state index contributed by atoms with van der Waals surface area (Å²) in [5, 5.41) is 12.7. The summed E-state index contributed by atoms with van der Waals surface area (Å²) in [5.41, 5.74) is 4.32. The fourth-order valence-corrected chi connectivity index (χ4v) is 3.05. The number of aromatic nitrogens is 2. The van der Waals surface area contributed by atoms with Crippen LogP contribution in [0.4, 0.5) is 5.69 Å². The number of nitrogens with one attached hydrogen (secondary N) is 1. The molecule has 0 fully saturated rings. The number of hydrogen-bond acceptors (Lipinski definition) is 4. The Kier molecular flexibility index (Phi) is 4.75. The number of carbonyl (C=O) groups is 2. The molecule has 142 valence electrons. The lowest BCUT2D eigenvalue weighted by atomic mass is 10.0. The minimum absolute atomic E-state index is 0.119. The Morgan fingerprint density at radius 2 is 1.76 bits per heavy atom. The van der Waals surface area contributed by atoms with E-state index in [0.29, 0.717) is 22.2 Å². The number of carboxylic acid groups (broad SMARTS) is 1. The van der Waals surface area contributed by atoms with Crippen molar-refractivity contribution < 1.29 is 14.7 Å². The van der Waals surface area contributed by atoms with E-state index in [9.17, 15) is 9.59 Å². The van der Waals surface area contributed by atoms with Crippen LogP contribution in [0.3, 0.4) is 0 Å². The highest BCUT2D eigenvalue weighted by molar-refractivity contribution is 6.09. The van der Waals surface area contributed by atoms with Crippen LogP contribution in [0.15, 0.2) is 73.1 Å². The molecule has 0 aliphatic heterocycles. The van der Waals surface area contributed by atoms with Crippen LogP contribution in [0, 0.1) is 6.92 Å². The van der Waals surface area contributed by atoms with E-state index in [2.05, 4.69) is 15.3 Å². The monoisotopic (exact) mass is 383 g/mol. The Morgan fingerprint density at radius 3 is 2.52 bits per heavy atom. The van der Waals surface area contributed by atoms with Crippen molar-refractivity contribution in [3.63, 3.8) is 0 Å². The molecule has 0 saturated carbocycles. The molecule has 6 nitrogen and oxygen atoms in total. The molecule has 0 spiro atoms. The number of carbonyl (C=O) groups excluding carboxylic acids is 1. The first-order chi connectivity index (χ1) is 14.0. The second-order valence-corrected chi connectivity index (χ2v) is 6.66. The minimum atomic E-state index is -1.03. The summed E-state index contributed by atoms with van der Waals surface area (Å²) in [7, 11) is 0. The van der Waals surface area contributed by atoms with Crippen molar-refractivity contribution in [2.24, 2.45) is 0 Å². The van der Waals surface area contributed by atoms with Crippen molar-refractivity contribution in [3.05, 3.63) is 89.7 Å². The smallest absolute Gasteiger partial charge is 0.337 e. The molecule has 0 unspecified atom stereocenters. The lowest BCUT2D eigenvalue weighted by molar-refractivity contribution is 0.0696. The van der Waals surface area contributed by atoms with Gasteiger partial charge in [-0.05, 0) is 42.8 Å². The third kappa shape index (κ3) is 3.82. The van der Waals surface area contributed by atoms with E-state index in [0.717, 1.165) is 16.8 Å². The van der Waals surface area contributed by atoms with E-state index in [-0.39, 0.29) is 11.5 Å². The van der Waals surface area contributed by atoms with Gasteiger partial charge in [0.05, 0.1) is 16.8 Å². The van der Waals surface area contributed by atoms with Crippen LogP contribution in [0.25, 0.3) is 22.2 Å². The van der Waals surface area contributed by atoms with Gasteiger partial charge in [0.15, 0.2) is 0 Å². The summed E-state index contributed by atoms with van der Waals surface area (Å²) < 4.78 is 0. The summed E-state index contributed by atoms with van der Waals surface area (Å²) in [4.78, 5) is 32.6. The SMILES string of the molecule is Cc1ccc(-c2ccccc2C(=O)Nc2ccc3cc(C(=O)O)cnc3c2)nc1. The largest absolute Gasteiger partial charge is 0.478 e. The first-order valence-electron chi connectivity index (χ1n) is 8.98. The van der Waals surface area contributed by atoms with Crippen LogP contribution >= 0.6 is 0 Å². The van der Waals surface area contributed by atoms with Gasteiger partial charge in [-0.2, -0.15) is 0 Å². The Bertz CT molecular complexity index is 1230. The number of amides is 1. The third-order valence-corrected chi connectivity index (χ3v) is 4.55. The van der Waals surface area contributed by atoms with Crippen LogP contribution in [-0.4, -0.2) is 27.0 Å². The molecule has 2 N–H and O–H groups in total. The van der Waals surface area contributed by atoms with Crippen molar-refractivity contribution in [2.45, 2.75) is 6.92 Å². The van der Waals surface area contributed by atoms with Crippen molar-refractivity contribution in [1.29, 1.82) is 0 Å². The number of aromatic carboxylic acids is 1. The normalized spacial score (nSPS) is 10.7. The van der Waals surface area contributed by atoms with E-state index in [1.54, 1.807) is 36.5 Å². The molecule has 0 radical (unpaired) electrons. The van der Waals surface area contributed by atoms with E-state index in [1.807, 2.05) is 37.3 Å². The topological polar surface area (TPSA) is 92.2 Å². The molecule has 0 saturated heterocycles. The van der Waals surface area contributed by atoms with Crippen molar-refractivity contribution in [1.82, 2.24) is 9.97 Å². The van der Waals surface area contributed by atoms with Crippen molar-refractivity contribution in [2.75, 3.05) is 5.32 Å². The first-order valence-corrected chi connectivity index (χ1v) is 8.98. The maximum Gasteiger partial charge on any atom is 0.337 e. The number of nitrogens with zero attached hydrogens (tertiary/aromatic N) is 2. The molecule has 6 heteroatoms.